The molecular formula is C11H15BrFN. The van der Waals surface area contributed by atoms with Gasteiger partial charge in [0.15, 0.2) is 0 Å². The van der Waals surface area contributed by atoms with Gasteiger partial charge in [-0.3, -0.25) is 0 Å². The third-order valence-electron chi connectivity index (χ3n) is 2.09. The SMILES string of the molecule is CN(C)c1ccc(CCCBr)cc1F. The van der Waals surface area contributed by atoms with Gasteiger partial charge >= 0.3 is 0 Å². The van der Waals surface area contributed by atoms with Crippen LogP contribution in [0.4, 0.5) is 10.1 Å². The minimum atomic E-state index is -0.137. The lowest BCUT2D eigenvalue weighted by molar-refractivity contribution is 0.623. The van der Waals surface area contributed by atoms with Gasteiger partial charge in [-0.05, 0) is 30.5 Å². The lowest BCUT2D eigenvalue weighted by Gasteiger charge is -2.14. The molecule has 0 aliphatic rings. The van der Waals surface area contributed by atoms with Gasteiger partial charge in [0.05, 0.1) is 5.69 Å². The molecule has 0 N–H and O–H groups in total. The van der Waals surface area contributed by atoms with Crippen LogP contribution < -0.4 is 4.90 Å². The summed E-state index contributed by atoms with van der Waals surface area (Å²) in [4.78, 5) is 1.78. The molecule has 14 heavy (non-hydrogen) atoms. The fraction of sp³-hybridized carbons (Fsp3) is 0.455. The number of alkyl halides is 1. The Morgan fingerprint density at radius 2 is 2.07 bits per heavy atom. The number of rotatable bonds is 4. The average molecular weight is 260 g/mol. The molecule has 0 atom stereocenters. The van der Waals surface area contributed by atoms with E-state index in [0.29, 0.717) is 5.69 Å². The maximum absolute atomic E-state index is 13.5. The average Bonchev–Trinajstić information content (AvgIpc) is 2.14. The van der Waals surface area contributed by atoms with Crippen molar-refractivity contribution in [3.63, 3.8) is 0 Å². The maximum Gasteiger partial charge on any atom is 0.146 e. The van der Waals surface area contributed by atoms with Crippen LogP contribution in [0.5, 0.6) is 0 Å². The van der Waals surface area contributed by atoms with Crippen molar-refractivity contribution in [1.82, 2.24) is 0 Å². The smallest absolute Gasteiger partial charge is 0.146 e. The lowest BCUT2D eigenvalue weighted by Crippen LogP contribution is -2.10. The van der Waals surface area contributed by atoms with Crippen LogP contribution in [-0.2, 0) is 6.42 Å². The Kier molecular flexibility index (Phi) is 4.39. The fourth-order valence-corrected chi connectivity index (χ4v) is 1.62. The predicted octanol–water partition coefficient (Wildman–Crippen LogP) is 3.22. The highest BCUT2D eigenvalue weighted by atomic mass is 79.9. The van der Waals surface area contributed by atoms with Gasteiger partial charge in [0.2, 0.25) is 0 Å². The Morgan fingerprint density at radius 3 is 2.57 bits per heavy atom. The summed E-state index contributed by atoms with van der Waals surface area (Å²) in [5.74, 6) is -0.137. The van der Waals surface area contributed by atoms with Gasteiger partial charge in [0, 0.05) is 19.4 Å². The normalized spacial score (nSPS) is 10.3. The quantitative estimate of drug-likeness (QED) is 0.751. The van der Waals surface area contributed by atoms with Crippen molar-refractivity contribution in [2.24, 2.45) is 0 Å². The molecule has 0 unspecified atom stereocenters. The molecule has 0 amide bonds. The van der Waals surface area contributed by atoms with Gasteiger partial charge in [-0.2, -0.15) is 0 Å². The molecule has 0 bridgehead atoms. The van der Waals surface area contributed by atoms with E-state index in [1.54, 1.807) is 11.0 Å². The van der Waals surface area contributed by atoms with Crippen molar-refractivity contribution < 1.29 is 4.39 Å². The van der Waals surface area contributed by atoms with Crippen molar-refractivity contribution in [1.29, 1.82) is 0 Å². The fourth-order valence-electron chi connectivity index (χ4n) is 1.34. The van der Waals surface area contributed by atoms with E-state index in [0.717, 1.165) is 23.7 Å². The largest absolute Gasteiger partial charge is 0.375 e. The van der Waals surface area contributed by atoms with Crippen molar-refractivity contribution in [3.8, 4) is 0 Å². The van der Waals surface area contributed by atoms with E-state index in [4.69, 9.17) is 0 Å². The van der Waals surface area contributed by atoms with E-state index in [1.807, 2.05) is 26.2 Å². The molecule has 3 heteroatoms. The Hall–Kier alpha value is -0.570. The van der Waals surface area contributed by atoms with Crippen molar-refractivity contribution in [2.75, 3.05) is 24.3 Å². The van der Waals surface area contributed by atoms with E-state index in [9.17, 15) is 4.39 Å². The zero-order valence-electron chi connectivity index (χ0n) is 8.56. The molecule has 1 aromatic carbocycles. The standard InChI is InChI=1S/C11H15BrFN/c1-14(2)11-6-5-9(4-3-7-12)8-10(11)13/h5-6,8H,3-4,7H2,1-2H3. The monoisotopic (exact) mass is 259 g/mol. The first-order valence-electron chi connectivity index (χ1n) is 4.67. The van der Waals surface area contributed by atoms with Gasteiger partial charge < -0.3 is 4.90 Å². The highest BCUT2D eigenvalue weighted by Gasteiger charge is 2.04. The number of halogens is 2. The number of hydrogen-bond acceptors (Lipinski definition) is 1. The van der Waals surface area contributed by atoms with Gasteiger partial charge in [-0.1, -0.05) is 22.0 Å². The van der Waals surface area contributed by atoms with Crippen LogP contribution in [0.25, 0.3) is 0 Å². The Labute approximate surface area is 93.0 Å². The van der Waals surface area contributed by atoms with E-state index in [1.165, 1.54) is 0 Å². The molecule has 0 aliphatic heterocycles. The summed E-state index contributed by atoms with van der Waals surface area (Å²) in [5, 5.41) is 0.962. The highest BCUT2D eigenvalue weighted by Crippen LogP contribution is 2.19. The molecule has 1 nitrogen and oxygen atoms in total. The zero-order chi connectivity index (χ0) is 10.6. The summed E-state index contributed by atoms with van der Waals surface area (Å²) in [7, 11) is 3.69. The topological polar surface area (TPSA) is 3.24 Å². The number of anilines is 1. The molecule has 1 aromatic rings. The molecule has 1 rings (SSSR count). The van der Waals surface area contributed by atoms with E-state index in [2.05, 4.69) is 15.9 Å². The summed E-state index contributed by atoms with van der Waals surface area (Å²) in [6.07, 6.45) is 1.97. The van der Waals surface area contributed by atoms with Gasteiger partial charge in [-0.15, -0.1) is 0 Å². The number of aryl methyl sites for hydroxylation is 1. The molecule has 0 aliphatic carbocycles. The molecule has 0 saturated carbocycles. The third kappa shape index (κ3) is 2.98. The first-order valence-corrected chi connectivity index (χ1v) is 5.79. The third-order valence-corrected chi connectivity index (χ3v) is 2.65. The van der Waals surface area contributed by atoms with Crippen LogP contribution in [0.1, 0.15) is 12.0 Å². The van der Waals surface area contributed by atoms with E-state index >= 15 is 0 Å². The zero-order valence-corrected chi connectivity index (χ0v) is 10.1. The second-order valence-electron chi connectivity index (χ2n) is 3.47. The summed E-state index contributed by atoms with van der Waals surface area (Å²) in [5.41, 5.74) is 1.71. The van der Waals surface area contributed by atoms with Gasteiger partial charge in [0.1, 0.15) is 5.82 Å². The van der Waals surface area contributed by atoms with Crippen LogP contribution in [0.2, 0.25) is 0 Å². The second-order valence-corrected chi connectivity index (χ2v) is 4.27. The number of nitrogens with zero attached hydrogens (tertiary/aromatic N) is 1. The molecule has 0 aromatic heterocycles. The van der Waals surface area contributed by atoms with Crippen molar-refractivity contribution >= 4 is 21.6 Å². The molecule has 0 heterocycles. The molecule has 0 radical (unpaired) electrons. The number of benzene rings is 1. The molecule has 0 fully saturated rings. The summed E-state index contributed by atoms with van der Waals surface area (Å²) >= 11 is 3.36. The number of hydrogen-bond donors (Lipinski definition) is 0. The molecule has 78 valence electrons. The Balaban J connectivity index is 2.78. The first-order chi connectivity index (χ1) is 6.65. The Bertz CT molecular complexity index is 299. The van der Waals surface area contributed by atoms with Crippen LogP contribution in [0.3, 0.4) is 0 Å². The van der Waals surface area contributed by atoms with Gasteiger partial charge in [0.25, 0.3) is 0 Å². The molecule has 0 spiro atoms. The van der Waals surface area contributed by atoms with Crippen LogP contribution in [0, 0.1) is 5.82 Å². The summed E-state index contributed by atoms with van der Waals surface area (Å²) < 4.78 is 13.5. The predicted molar refractivity (Wildman–Crippen MR) is 62.8 cm³/mol. The maximum atomic E-state index is 13.5. The Morgan fingerprint density at radius 1 is 1.36 bits per heavy atom. The van der Waals surface area contributed by atoms with Crippen LogP contribution >= 0.6 is 15.9 Å². The summed E-state index contributed by atoms with van der Waals surface area (Å²) in [6, 6.07) is 5.44. The van der Waals surface area contributed by atoms with Gasteiger partial charge in [-0.25, -0.2) is 4.39 Å². The minimum Gasteiger partial charge on any atom is -0.375 e. The second kappa shape index (κ2) is 5.35. The molecule has 0 saturated heterocycles. The minimum absolute atomic E-state index is 0.137. The van der Waals surface area contributed by atoms with Crippen LogP contribution in [-0.4, -0.2) is 19.4 Å². The van der Waals surface area contributed by atoms with E-state index in [-0.39, 0.29) is 5.82 Å². The van der Waals surface area contributed by atoms with Crippen LogP contribution in [0.15, 0.2) is 18.2 Å². The van der Waals surface area contributed by atoms with Crippen molar-refractivity contribution in [3.05, 3.63) is 29.6 Å². The lowest BCUT2D eigenvalue weighted by atomic mass is 10.1. The first kappa shape index (κ1) is 11.5. The summed E-state index contributed by atoms with van der Waals surface area (Å²) in [6.45, 7) is 0. The van der Waals surface area contributed by atoms with E-state index < -0.39 is 0 Å². The molecular weight excluding hydrogens is 245 g/mol. The highest BCUT2D eigenvalue weighted by molar-refractivity contribution is 9.09. The van der Waals surface area contributed by atoms with Crippen molar-refractivity contribution in [2.45, 2.75) is 12.8 Å².